The van der Waals surface area contributed by atoms with Crippen molar-refractivity contribution in [1.29, 1.82) is 0 Å². The monoisotopic (exact) mass is 252 g/mol. The van der Waals surface area contributed by atoms with Gasteiger partial charge in [-0.15, -0.1) is 0 Å². The van der Waals surface area contributed by atoms with Crippen LogP contribution in [0.15, 0.2) is 0 Å². The van der Waals surface area contributed by atoms with Gasteiger partial charge in [0.05, 0.1) is 11.8 Å². The number of nitrogens with one attached hydrogen (secondary N) is 2. The maximum atomic E-state index is 11.9. The number of hydrogen-bond donors (Lipinski definition) is 2. The van der Waals surface area contributed by atoms with Crippen LogP contribution in [-0.4, -0.2) is 23.9 Å². The van der Waals surface area contributed by atoms with Gasteiger partial charge in [0.1, 0.15) is 0 Å². The minimum atomic E-state index is -0.0830. The van der Waals surface area contributed by atoms with Crippen molar-refractivity contribution >= 4 is 11.8 Å². The van der Waals surface area contributed by atoms with E-state index in [1.54, 1.807) is 0 Å². The lowest BCUT2D eigenvalue weighted by Crippen LogP contribution is -2.37. The lowest BCUT2D eigenvalue weighted by Gasteiger charge is -2.13. The van der Waals surface area contributed by atoms with Gasteiger partial charge in [0, 0.05) is 12.1 Å². The second-order valence-electron chi connectivity index (χ2n) is 5.76. The van der Waals surface area contributed by atoms with Crippen molar-refractivity contribution < 1.29 is 9.59 Å². The Morgan fingerprint density at radius 1 is 1.17 bits per heavy atom. The Kier molecular flexibility index (Phi) is 4.25. The lowest BCUT2D eigenvalue weighted by molar-refractivity contribution is -0.128. The molecule has 2 amide bonds. The summed E-state index contributed by atoms with van der Waals surface area (Å²) >= 11 is 0. The summed E-state index contributed by atoms with van der Waals surface area (Å²) in [6.07, 6.45) is 6.28. The number of carbonyl (C=O) groups is 2. The first-order chi connectivity index (χ1) is 8.61. The highest BCUT2D eigenvalue weighted by molar-refractivity contribution is 5.92. The number of hydrogen-bond acceptors (Lipinski definition) is 2. The van der Waals surface area contributed by atoms with Gasteiger partial charge in [-0.05, 0) is 32.6 Å². The number of carbonyl (C=O) groups excluding carboxylic acids is 2. The molecule has 0 saturated heterocycles. The van der Waals surface area contributed by atoms with Gasteiger partial charge in [-0.25, -0.2) is 0 Å². The van der Waals surface area contributed by atoms with Gasteiger partial charge in [0.2, 0.25) is 11.8 Å². The minimum absolute atomic E-state index is 0.0518. The zero-order chi connectivity index (χ0) is 13.1. The van der Waals surface area contributed by atoms with Crippen molar-refractivity contribution in [2.45, 2.75) is 64.5 Å². The van der Waals surface area contributed by atoms with Crippen molar-refractivity contribution in [1.82, 2.24) is 10.6 Å². The molecule has 2 aliphatic carbocycles. The Labute approximate surface area is 109 Å². The highest BCUT2D eigenvalue weighted by Gasteiger charge is 2.48. The third-order valence-corrected chi connectivity index (χ3v) is 4.17. The first kappa shape index (κ1) is 13.4. The molecule has 4 nitrogen and oxygen atoms in total. The third-order valence-electron chi connectivity index (χ3n) is 4.17. The molecule has 0 radical (unpaired) electrons. The van der Waals surface area contributed by atoms with Gasteiger partial charge in [0.15, 0.2) is 0 Å². The summed E-state index contributed by atoms with van der Waals surface area (Å²) in [4.78, 5) is 23.8. The summed E-state index contributed by atoms with van der Waals surface area (Å²) in [5.74, 6) is -0.0165. The van der Waals surface area contributed by atoms with Crippen LogP contribution in [0.5, 0.6) is 0 Å². The van der Waals surface area contributed by atoms with Gasteiger partial charge in [-0.1, -0.05) is 19.8 Å². The normalized spacial score (nSPS) is 28.8. The Morgan fingerprint density at radius 2 is 1.78 bits per heavy atom. The van der Waals surface area contributed by atoms with E-state index >= 15 is 0 Å². The standard InChI is InChI=1S/C14H24N2O2/c1-3-9(2)15-13(17)11-8-12(11)14(18)16-10-6-4-5-7-10/h9-12H,3-8H2,1-2H3,(H,15,17)(H,16,18). The minimum Gasteiger partial charge on any atom is -0.353 e. The molecule has 0 heterocycles. The van der Waals surface area contributed by atoms with Crippen LogP contribution in [0.4, 0.5) is 0 Å². The van der Waals surface area contributed by atoms with Crippen LogP contribution in [-0.2, 0) is 9.59 Å². The molecular formula is C14H24N2O2. The topological polar surface area (TPSA) is 58.2 Å². The van der Waals surface area contributed by atoms with E-state index < -0.39 is 0 Å². The maximum Gasteiger partial charge on any atom is 0.224 e. The van der Waals surface area contributed by atoms with E-state index in [0.717, 1.165) is 25.7 Å². The fourth-order valence-electron chi connectivity index (χ4n) is 2.60. The molecule has 0 aromatic rings. The fraction of sp³-hybridized carbons (Fsp3) is 0.857. The van der Waals surface area contributed by atoms with Gasteiger partial charge >= 0.3 is 0 Å². The summed E-state index contributed by atoms with van der Waals surface area (Å²) in [7, 11) is 0. The predicted molar refractivity (Wildman–Crippen MR) is 69.9 cm³/mol. The van der Waals surface area contributed by atoms with E-state index in [9.17, 15) is 9.59 Å². The van der Waals surface area contributed by atoms with Crippen LogP contribution in [0.25, 0.3) is 0 Å². The van der Waals surface area contributed by atoms with Gasteiger partial charge in [-0.3, -0.25) is 9.59 Å². The largest absolute Gasteiger partial charge is 0.353 e. The maximum absolute atomic E-state index is 11.9. The molecule has 2 N–H and O–H groups in total. The summed E-state index contributed by atoms with van der Waals surface area (Å²) in [5, 5.41) is 6.03. The van der Waals surface area contributed by atoms with E-state index in [0.29, 0.717) is 6.04 Å². The zero-order valence-corrected chi connectivity index (χ0v) is 11.4. The molecule has 0 bridgehead atoms. The average molecular weight is 252 g/mol. The molecule has 0 aromatic carbocycles. The molecule has 0 aliphatic heterocycles. The Balaban J connectivity index is 1.72. The molecule has 4 heteroatoms. The summed E-state index contributed by atoms with van der Waals surface area (Å²) in [5.41, 5.74) is 0. The molecule has 2 saturated carbocycles. The number of rotatable bonds is 5. The first-order valence-corrected chi connectivity index (χ1v) is 7.22. The SMILES string of the molecule is CCC(C)NC(=O)C1CC1C(=O)NC1CCCC1. The van der Waals surface area contributed by atoms with Crippen LogP contribution < -0.4 is 10.6 Å². The summed E-state index contributed by atoms with van der Waals surface area (Å²) < 4.78 is 0. The van der Waals surface area contributed by atoms with Crippen LogP contribution in [0.3, 0.4) is 0 Å². The van der Waals surface area contributed by atoms with Crippen LogP contribution in [0.2, 0.25) is 0 Å². The molecule has 18 heavy (non-hydrogen) atoms. The third kappa shape index (κ3) is 3.24. The fourth-order valence-corrected chi connectivity index (χ4v) is 2.60. The molecule has 102 valence electrons. The molecule has 2 aliphatic rings. The van der Waals surface area contributed by atoms with Crippen molar-refractivity contribution in [2.24, 2.45) is 11.8 Å². The van der Waals surface area contributed by atoms with Crippen LogP contribution >= 0.6 is 0 Å². The van der Waals surface area contributed by atoms with E-state index in [1.807, 2.05) is 13.8 Å². The molecular weight excluding hydrogens is 228 g/mol. The highest BCUT2D eigenvalue weighted by Crippen LogP contribution is 2.39. The second-order valence-corrected chi connectivity index (χ2v) is 5.76. The van der Waals surface area contributed by atoms with E-state index in [2.05, 4.69) is 10.6 Å². The van der Waals surface area contributed by atoms with Gasteiger partial charge in [-0.2, -0.15) is 0 Å². The predicted octanol–water partition coefficient (Wildman–Crippen LogP) is 1.60. The van der Waals surface area contributed by atoms with Crippen LogP contribution in [0, 0.1) is 11.8 Å². The second kappa shape index (κ2) is 5.72. The molecule has 2 fully saturated rings. The summed E-state index contributed by atoms with van der Waals surface area (Å²) in [6, 6.07) is 0.563. The van der Waals surface area contributed by atoms with E-state index in [4.69, 9.17) is 0 Å². The van der Waals surface area contributed by atoms with Crippen molar-refractivity contribution in [3.05, 3.63) is 0 Å². The summed E-state index contributed by atoms with van der Waals surface area (Å²) in [6.45, 7) is 4.04. The Bertz CT molecular complexity index is 324. The van der Waals surface area contributed by atoms with E-state index in [-0.39, 0.29) is 29.7 Å². The molecule has 0 aromatic heterocycles. The van der Waals surface area contributed by atoms with E-state index in [1.165, 1.54) is 12.8 Å². The van der Waals surface area contributed by atoms with Crippen molar-refractivity contribution in [3.8, 4) is 0 Å². The number of amides is 2. The van der Waals surface area contributed by atoms with Crippen molar-refractivity contribution in [3.63, 3.8) is 0 Å². The molecule has 3 unspecified atom stereocenters. The molecule has 3 atom stereocenters. The zero-order valence-electron chi connectivity index (χ0n) is 11.4. The first-order valence-electron chi connectivity index (χ1n) is 7.22. The Morgan fingerprint density at radius 3 is 2.39 bits per heavy atom. The molecule has 0 spiro atoms. The lowest BCUT2D eigenvalue weighted by atomic mass is 10.2. The average Bonchev–Trinajstić information content (AvgIpc) is 3.01. The van der Waals surface area contributed by atoms with Gasteiger partial charge in [0.25, 0.3) is 0 Å². The highest BCUT2D eigenvalue weighted by atomic mass is 16.2. The van der Waals surface area contributed by atoms with Crippen LogP contribution in [0.1, 0.15) is 52.4 Å². The smallest absolute Gasteiger partial charge is 0.224 e. The quantitative estimate of drug-likeness (QED) is 0.780. The van der Waals surface area contributed by atoms with Gasteiger partial charge < -0.3 is 10.6 Å². The molecule has 2 rings (SSSR count). The Hall–Kier alpha value is -1.06. The van der Waals surface area contributed by atoms with Crippen molar-refractivity contribution in [2.75, 3.05) is 0 Å².